The van der Waals surface area contributed by atoms with Gasteiger partial charge in [-0.25, -0.2) is 0 Å². The monoisotopic (exact) mass is 230 g/mol. The van der Waals surface area contributed by atoms with Crippen molar-refractivity contribution in [3.63, 3.8) is 0 Å². The van der Waals surface area contributed by atoms with E-state index in [4.69, 9.17) is 15.2 Å². The predicted octanol–water partition coefficient (Wildman–Crippen LogP) is -0.156. The van der Waals surface area contributed by atoms with Crippen molar-refractivity contribution in [1.29, 1.82) is 0 Å². The van der Waals surface area contributed by atoms with Crippen LogP contribution in [0.25, 0.3) is 0 Å². The highest BCUT2D eigenvalue weighted by Crippen LogP contribution is 2.05. The number of morpholine rings is 1. The third kappa shape index (κ3) is 4.08. The van der Waals surface area contributed by atoms with E-state index in [1.807, 2.05) is 20.9 Å². The molecule has 0 radical (unpaired) electrons. The molecule has 2 atom stereocenters. The molecule has 16 heavy (non-hydrogen) atoms. The maximum absolute atomic E-state index is 11.5. The fourth-order valence-electron chi connectivity index (χ4n) is 1.51. The number of nitrogens with two attached hydrogens (primary N) is 1. The molecule has 0 aliphatic carbocycles. The van der Waals surface area contributed by atoms with Crippen LogP contribution >= 0.6 is 0 Å². The first-order valence-corrected chi connectivity index (χ1v) is 5.73. The zero-order valence-electron chi connectivity index (χ0n) is 10.3. The van der Waals surface area contributed by atoms with Crippen molar-refractivity contribution in [2.45, 2.75) is 26.0 Å². The van der Waals surface area contributed by atoms with E-state index >= 15 is 0 Å². The topological polar surface area (TPSA) is 64.8 Å². The molecule has 94 valence electrons. The van der Waals surface area contributed by atoms with Gasteiger partial charge < -0.3 is 20.1 Å². The van der Waals surface area contributed by atoms with Crippen molar-refractivity contribution in [3.05, 3.63) is 0 Å². The lowest BCUT2D eigenvalue weighted by Gasteiger charge is -2.29. The molecule has 1 aliphatic rings. The molecule has 0 spiro atoms. The Morgan fingerprint density at radius 2 is 2.31 bits per heavy atom. The van der Waals surface area contributed by atoms with Crippen molar-refractivity contribution >= 4 is 5.97 Å². The lowest BCUT2D eigenvalue weighted by Crippen LogP contribution is -2.44. The van der Waals surface area contributed by atoms with Crippen LogP contribution in [0.2, 0.25) is 0 Å². The average molecular weight is 230 g/mol. The van der Waals surface area contributed by atoms with Gasteiger partial charge in [0.25, 0.3) is 0 Å². The molecule has 1 fully saturated rings. The predicted molar refractivity (Wildman–Crippen MR) is 61.0 cm³/mol. The third-order valence-corrected chi connectivity index (χ3v) is 2.74. The van der Waals surface area contributed by atoms with Crippen molar-refractivity contribution < 1.29 is 14.3 Å². The molecule has 1 aliphatic heterocycles. The number of likely N-dealkylation sites (N-methyl/N-ethyl adjacent to an activating group) is 1. The number of carbonyl (C=O) groups is 1. The molecule has 2 unspecified atom stereocenters. The van der Waals surface area contributed by atoms with Gasteiger partial charge in [-0.1, -0.05) is 13.8 Å². The molecular weight excluding hydrogens is 208 g/mol. The zero-order chi connectivity index (χ0) is 12.1. The number of carbonyl (C=O) groups excluding carboxylic acids is 1. The van der Waals surface area contributed by atoms with Crippen LogP contribution in [0.15, 0.2) is 0 Å². The van der Waals surface area contributed by atoms with Gasteiger partial charge in [-0.2, -0.15) is 0 Å². The minimum absolute atomic E-state index is 0.0259. The molecule has 0 aromatic rings. The van der Waals surface area contributed by atoms with Crippen LogP contribution < -0.4 is 5.73 Å². The number of nitrogens with zero attached hydrogens (tertiary/aromatic N) is 1. The maximum Gasteiger partial charge on any atom is 0.323 e. The standard InChI is InChI=1S/C11H22N2O3/c1-8(2)10(12)11(14)16-7-9-6-13(3)4-5-15-9/h8-10H,4-7,12H2,1-3H3. The minimum atomic E-state index is -0.540. The van der Waals surface area contributed by atoms with Crippen LogP contribution in [0.3, 0.4) is 0 Å². The van der Waals surface area contributed by atoms with Crippen molar-refractivity contribution in [3.8, 4) is 0 Å². The van der Waals surface area contributed by atoms with Gasteiger partial charge in [0.05, 0.1) is 6.61 Å². The molecule has 0 aromatic heterocycles. The summed E-state index contributed by atoms with van der Waals surface area (Å²) in [5, 5.41) is 0. The summed E-state index contributed by atoms with van der Waals surface area (Å²) >= 11 is 0. The highest BCUT2D eigenvalue weighted by atomic mass is 16.6. The van der Waals surface area contributed by atoms with E-state index in [9.17, 15) is 4.79 Å². The first kappa shape index (κ1) is 13.4. The quantitative estimate of drug-likeness (QED) is 0.680. The summed E-state index contributed by atoms with van der Waals surface area (Å²) in [6.45, 7) is 6.51. The Hall–Kier alpha value is -0.650. The molecular formula is C11H22N2O3. The Morgan fingerprint density at radius 1 is 1.62 bits per heavy atom. The summed E-state index contributed by atoms with van der Waals surface area (Å²) in [7, 11) is 2.02. The van der Waals surface area contributed by atoms with E-state index in [1.54, 1.807) is 0 Å². The first-order valence-electron chi connectivity index (χ1n) is 5.73. The fraction of sp³-hybridized carbons (Fsp3) is 0.909. The van der Waals surface area contributed by atoms with Gasteiger partial charge in [0.2, 0.25) is 0 Å². The molecule has 0 aromatic carbocycles. The van der Waals surface area contributed by atoms with Gasteiger partial charge in [0.1, 0.15) is 18.8 Å². The Balaban J connectivity index is 2.25. The summed E-state index contributed by atoms with van der Waals surface area (Å²) in [5.41, 5.74) is 5.68. The summed E-state index contributed by atoms with van der Waals surface area (Å²) < 4.78 is 10.6. The first-order chi connectivity index (χ1) is 7.50. The van der Waals surface area contributed by atoms with Crippen LogP contribution in [0.5, 0.6) is 0 Å². The van der Waals surface area contributed by atoms with Crippen LogP contribution in [-0.2, 0) is 14.3 Å². The van der Waals surface area contributed by atoms with Crippen LogP contribution in [-0.4, -0.2) is 56.4 Å². The maximum atomic E-state index is 11.5. The van der Waals surface area contributed by atoms with Gasteiger partial charge in [-0.3, -0.25) is 4.79 Å². The second-order valence-electron chi connectivity index (χ2n) is 4.65. The lowest BCUT2D eigenvalue weighted by molar-refractivity contribution is -0.152. The van der Waals surface area contributed by atoms with Crippen LogP contribution in [0.1, 0.15) is 13.8 Å². The van der Waals surface area contributed by atoms with Gasteiger partial charge in [-0.15, -0.1) is 0 Å². The summed E-state index contributed by atoms with van der Waals surface area (Å²) in [4.78, 5) is 13.6. The molecule has 0 amide bonds. The summed E-state index contributed by atoms with van der Waals surface area (Å²) in [5.74, 6) is -0.241. The molecule has 0 saturated carbocycles. The number of hydrogen-bond donors (Lipinski definition) is 1. The SMILES string of the molecule is CC(C)C(N)C(=O)OCC1CN(C)CCO1. The smallest absolute Gasteiger partial charge is 0.323 e. The van der Waals surface area contributed by atoms with Crippen LogP contribution in [0, 0.1) is 5.92 Å². The highest BCUT2D eigenvalue weighted by Gasteiger charge is 2.23. The lowest BCUT2D eigenvalue weighted by atomic mass is 10.1. The molecule has 5 heteroatoms. The average Bonchev–Trinajstić information content (AvgIpc) is 2.24. The van der Waals surface area contributed by atoms with Crippen LogP contribution in [0.4, 0.5) is 0 Å². The van der Waals surface area contributed by atoms with E-state index in [1.165, 1.54) is 0 Å². The second-order valence-corrected chi connectivity index (χ2v) is 4.65. The largest absolute Gasteiger partial charge is 0.462 e. The molecule has 1 rings (SSSR count). The summed E-state index contributed by atoms with van der Waals surface area (Å²) in [6, 6.07) is -0.540. The van der Waals surface area contributed by atoms with E-state index in [0.717, 1.165) is 13.1 Å². The zero-order valence-corrected chi connectivity index (χ0v) is 10.3. The minimum Gasteiger partial charge on any atom is -0.462 e. The Bertz CT molecular complexity index is 233. The van der Waals surface area contributed by atoms with Crippen molar-refractivity contribution in [1.82, 2.24) is 4.90 Å². The number of rotatable bonds is 4. The normalized spacial score (nSPS) is 24.4. The van der Waals surface area contributed by atoms with Gasteiger partial charge in [0, 0.05) is 13.1 Å². The number of hydrogen-bond acceptors (Lipinski definition) is 5. The molecule has 2 N–H and O–H groups in total. The molecule has 1 heterocycles. The molecule has 5 nitrogen and oxygen atoms in total. The second kappa shape index (κ2) is 6.18. The van der Waals surface area contributed by atoms with E-state index in [0.29, 0.717) is 13.2 Å². The van der Waals surface area contributed by atoms with Crippen molar-refractivity contribution in [2.24, 2.45) is 11.7 Å². The fourth-order valence-corrected chi connectivity index (χ4v) is 1.51. The Labute approximate surface area is 96.9 Å². The van der Waals surface area contributed by atoms with E-state index < -0.39 is 6.04 Å². The molecule has 1 saturated heterocycles. The van der Waals surface area contributed by atoms with E-state index in [2.05, 4.69) is 4.90 Å². The highest BCUT2D eigenvalue weighted by molar-refractivity contribution is 5.75. The Kier molecular flexibility index (Phi) is 5.18. The van der Waals surface area contributed by atoms with Gasteiger partial charge in [-0.05, 0) is 13.0 Å². The third-order valence-electron chi connectivity index (χ3n) is 2.74. The summed E-state index contributed by atoms with van der Waals surface area (Å²) in [6.07, 6.45) is -0.0259. The van der Waals surface area contributed by atoms with E-state index in [-0.39, 0.29) is 18.0 Å². The molecule has 0 bridgehead atoms. The Morgan fingerprint density at radius 3 is 2.88 bits per heavy atom. The van der Waals surface area contributed by atoms with Crippen molar-refractivity contribution in [2.75, 3.05) is 33.4 Å². The number of esters is 1. The van der Waals surface area contributed by atoms with Gasteiger partial charge in [0.15, 0.2) is 0 Å². The van der Waals surface area contributed by atoms with Gasteiger partial charge >= 0.3 is 5.97 Å². The number of ether oxygens (including phenoxy) is 2.